The molecule has 1 aromatic carbocycles. The zero-order valence-corrected chi connectivity index (χ0v) is 10.4. The van der Waals surface area contributed by atoms with E-state index in [4.69, 9.17) is 5.11 Å². The smallest absolute Gasteiger partial charge is 0.335 e. The molecule has 1 rings (SSSR count). The molecule has 0 radical (unpaired) electrons. The van der Waals surface area contributed by atoms with Gasteiger partial charge in [0.25, 0.3) is 0 Å². The Morgan fingerprint density at radius 2 is 2.11 bits per heavy atom. The van der Waals surface area contributed by atoms with Crippen LogP contribution in [-0.4, -0.2) is 25.2 Å². The molecule has 4 nitrogen and oxygen atoms in total. The molecule has 0 saturated carbocycles. The average molecular weight is 270 g/mol. The number of halogens is 1. The van der Waals surface area contributed by atoms with Gasteiger partial charge < -0.3 is 5.11 Å². The Bertz CT molecular complexity index is 623. The number of aromatic carboxylic acids is 1. The maximum absolute atomic E-state index is 13.5. The zero-order valence-electron chi connectivity index (χ0n) is 9.60. The second-order valence-electron chi connectivity index (χ2n) is 3.45. The highest BCUT2D eigenvalue weighted by Crippen LogP contribution is 2.18. The molecule has 0 aliphatic carbocycles. The van der Waals surface area contributed by atoms with Gasteiger partial charge in [-0.1, -0.05) is 0 Å². The summed E-state index contributed by atoms with van der Waals surface area (Å²) >= 11 is 0. The molecule has 6 heteroatoms. The van der Waals surface area contributed by atoms with Crippen LogP contribution in [0.5, 0.6) is 0 Å². The van der Waals surface area contributed by atoms with Crippen molar-refractivity contribution in [3.63, 3.8) is 0 Å². The summed E-state index contributed by atoms with van der Waals surface area (Å²) in [6.07, 6.45) is 0.110. The van der Waals surface area contributed by atoms with E-state index in [9.17, 15) is 17.6 Å². The maximum Gasteiger partial charge on any atom is 0.335 e. The molecule has 0 amide bonds. The van der Waals surface area contributed by atoms with Crippen LogP contribution in [0.25, 0.3) is 0 Å². The van der Waals surface area contributed by atoms with Gasteiger partial charge in [-0.05, 0) is 25.1 Å². The van der Waals surface area contributed by atoms with Crippen LogP contribution in [0.15, 0.2) is 23.1 Å². The first-order chi connectivity index (χ1) is 8.38. The highest BCUT2D eigenvalue weighted by atomic mass is 32.2. The van der Waals surface area contributed by atoms with Crippen molar-refractivity contribution in [2.24, 2.45) is 0 Å². The second-order valence-corrected chi connectivity index (χ2v) is 5.52. The van der Waals surface area contributed by atoms with E-state index in [1.54, 1.807) is 6.92 Å². The van der Waals surface area contributed by atoms with Gasteiger partial charge >= 0.3 is 5.97 Å². The summed E-state index contributed by atoms with van der Waals surface area (Å²) in [6.45, 7) is 1.58. The fourth-order valence-corrected chi connectivity index (χ4v) is 2.53. The molecule has 1 N–H and O–H groups in total. The van der Waals surface area contributed by atoms with Crippen molar-refractivity contribution in [2.45, 2.75) is 18.2 Å². The first-order valence-corrected chi connectivity index (χ1v) is 6.69. The van der Waals surface area contributed by atoms with E-state index in [0.29, 0.717) is 6.07 Å². The van der Waals surface area contributed by atoms with Gasteiger partial charge in [-0.25, -0.2) is 17.6 Å². The Morgan fingerprint density at radius 1 is 1.44 bits per heavy atom. The summed E-state index contributed by atoms with van der Waals surface area (Å²) < 4.78 is 37.0. The average Bonchev–Trinajstić information content (AvgIpc) is 2.28. The van der Waals surface area contributed by atoms with Crippen LogP contribution < -0.4 is 0 Å². The van der Waals surface area contributed by atoms with E-state index in [1.807, 2.05) is 0 Å². The molecule has 0 aliphatic heterocycles. The molecule has 0 spiro atoms. The van der Waals surface area contributed by atoms with Gasteiger partial charge in [-0.15, -0.1) is 11.8 Å². The molecular weight excluding hydrogens is 259 g/mol. The molecule has 1 aromatic rings. The van der Waals surface area contributed by atoms with Gasteiger partial charge in [0.15, 0.2) is 9.84 Å². The monoisotopic (exact) mass is 270 g/mol. The van der Waals surface area contributed by atoms with Crippen molar-refractivity contribution in [3.05, 3.63) is 29.6 Å². The topological polar surface area (TPSA) is 71.4 Å². The van der Waals surface area contributed by atoms with E-state index in [-0.39, 0.29) is 17.7 Å². The van der Waals surface area contributed by atoms with Gasteiger partial charge in [-0.2, -0.15) is 0 Å². The van der Waals surface area contributed by atoms with Crippen LogP contribution in [0.2, 0.25) is 0 Å². The number of sulfone groups is 1. The van der Waals surface area contributed by atoms with Crippen molar-refractivity contribution < 1.29 is 22.7 Å². The van der Waals surface area contributed by atoms with E-state index >= 15 is 0 Å². The second kappa shape index (κ2) is 5.65. The Morgan fingerprint density at radius 3 is 2.61 bits per heavy atom. The predicted octanol–water partition coefficient (Wildman–Crippen LogP) is 1.71. The molecule has 0 fully saturated rings. The molecule has 18 heavy (non-hydrogen) atoms. The summed E-state index contributed by atoms with van der Waals surface area (Å²) in [5.41, 5.74) is -0.292. The van der Waals surface area contributed by atoms with E-state index in [1.165, 1.54) is 0 Å². The summed E-state index contributed by atoms with van der Waals surface area (Å²) in [4.78, 5) is 10.1. The van der Waals surface area contributed by atoms with Gasteiger partial charge in [0.1, 0.15) is 10.7 Å². The summed E-state index contributed by atoms with van der Waals surface area (Å²) in [5.74, 6) is 2.46. The minimum absolute atomic E-state index is 0.110. The minimum Gasteiger partial charge on any atom is -0.478 e. The van der Waals surface area contributed by atoms with Crippen LogP contribution in [0.3, 0.4) is 0 Å². The molecule has 0 heterocycles. The summed E-state index contributed by atoms with van der Waals surface area (Å²) in [6, 6.07) is 2.72. The number of carboxylic acids is 1. The molecule has 0 aromatic heterocycles. The molecule has 96 valence electrons. The molecule has 0 atom stereocenters. The molecule has 0 bridgehead atoms. The van der Waals surface area contributed by atoms with Crippen molar-refractivity contribution in [2.75, 3.05) is 5.75 Å². The Kier molecular flexibility index (Phi) is 4.45. The Balaban J connectivity index is 3.09. The number of carboxylic acid groups (broad SMARTS) is 1. The third-order valence-electron chi connectivity index (χ3n) is 2.19. The largest absolute Gasteiger partial charge is 0.478 e. The van der Waals surface area contributed by atoms with Crippen molar-refractivity contribution in [3.8, 4) is 11.8 Å². The lowest BCUT2D eigenvalue weighted by molar-refractivity contribution is 0.0696. The molecular formula is C12H11FO4S. The maximum atomic E-state index is 13.5. The predicted molar refractivity (Wildman–Crippen MR) is 63.5 cm³/mol. The third kappa shape index (κ3) is 3.31. The molecule has 0 unspecified atom stereocenters. The zero-order chi connectivity index (χ0) is 13.8. The van der Waals surface area contributed by atoms with Gasteiger partial charge in [-0.3, -0.25) is 0 Å². The van der Waals surface area contributed by atoms with Gasteiger partial charge in [0.05, 0.1) is 11.3 Å². The SMILES string of the molecule is CC#CCCS(=O)(=O)c1ccc(C(=O)O)cc1F. The lowest BCUT2D eigenvalue weighted by Gasteiger charge is -2.04. The minimum atomic E-state index is -3.78. The van der Waals surface area contributed by atoms with Crippen molar-refractivity contribution in [1.82, 2.24) is 0 Å². The standard InChI is InChI=1S/C12H11FO4S/c1-2-3-4-7-18(16,17)11-6-5-9(12(14)15)8-10(11)13/h5-6,8H,4,7H2,1H3,(H,14,15). The van der Waals surface area contributed by atoms with Crippen LogP contribution in [-0.2, 0) is 9.84 Å². The van der Waals surface area contributed by atoms with Crippen LogP contribution in [0.1, 0.15) is 23.7 Å². The first kappa shape index (κ1) is 14.2. The highest BCUT2D eigenvalue weighted by molar-refractivity contribution is 7.91. The lowest BCUT2D eigenvalue weighted by atomic mass is 10.2. The quantitative estimate of drug-likeness (QED) is 0.845. The fraction of sp³-hybridized carbons (Fsp3) is 0.250. The normalized spacial score (nSPS) is 10.6. The molecule has 0 saturated heterocycles. The first-order valence-electron chi connectivity index (χ1n) is 5.03. The number of carbonyl (C=O) groups is 1. The van der Waals surface area contributed by atoms with Crippen molar-refractivity contribution in [1.29, 1.82) is 0 Å². The third-order valence-corrected chi connectivity index (χ3v) is 3.93. The van der Waals surface area contributed by atoms with E-state index in [0.717, 1.165) is 12.1 Å². The van der Waals surface area contributed by atoms with Crippen LogP contribution >= 0.6 is 0 Å². The van der Waals surface area contributed by atoms with Crippen LogP contribution in [0, 0.1) is 17.7 Å². The summed E-state index contributed by atoms with van der Waals surface area (Å²) in [7, 11) is -3.78. The lowest BCUT2D eigenvalue weighted by Crippen LogP contribution is -2.09. The number of benzene rings is 1. The number of rotatable bonds is 4. The summed E-state index contributed by atoms with van der Waals surface area (Å²) in [5, 5.41) is 8.64. The molecule has 0 aliphatic rings. The Labute approximate surface area is 104 Å². The number of hydrogen-bond donors (Lipinski definition) is 1. The Hall–Kier alpha value is -1.87. The fourth-order valence-electron chi connectivity index (χ4n) is 1.31. The highest BCUT2D eigenvalue weighted by Gasteiger charge is 2.19. The van der Waals surface area contributed by atoms with Crippen molar-refractivity contribution >= 4 is 15.8 Å². The van der Waals surface area contributed by atoms with Gasteiger partial charge in [0.2, 0.25) is 0 Å². The van der Waals surface area contributed by atoms with E-state index in [2.05, 4.69) is 11.8 Å². The van der Waals surface area contributed by atoms with E-state index < -0.39 is 26.5 Å². The van der Waals surface area contributed by atoms with Gasteiger partial charge in [0, 0.05) is 6.42 Å². The van der Waals surface area contributed by atoms with Crippen LogP contribution in [0.4, 0.5) is 4.39 Å². The number of hydrogen-bond acceptors (Lipinski definition) is 3.